The topological polar surface area (TPSA) is 49.3 Å². The normalized spacial score (nSPS) is 10.2. The first-order valence-corrected chi connectivity index (χ1v) is 6.68. The van der Waals surface area contributed by atoms with Crippen LogP contribution in [0.4, 0.5) is 0 Å². The van der Waals surface area contributed by atoms with Crippen LogP contribution < -0.4 is 5.32 Å². The molecule has 0 atom stereocenters. The third-order valence-electron chi connectivity index (χ3n) is 2.88. The van der Waals surface area contributed by atoms with Crippen LogP contribution in [0.15, 0.2) is 46.9 Å². The van der Waals surface area contributed by atoms with E-state index in [-0.39, 0.29) is 11.7 Å². The number of carbonyl (C=O) groups is 1. The van der Waals surface area contributed by atoms with Crippen molar-refractivity contribution in [3.8, 4) is 5.75 Å². The van der Waals surface area contributed by atoms with E-state index in [4.69, 9.17) is 0 Å². The Morgan fingerprint density at radius 2 is 2.00 bits per heavy atom. The summed E-state index contributed by atoms with van der Waals surface area (Å²) in [4.78, 5) is 12.1. The van der Waals surface area contributed by atoms with Crippen LogP contribution in [-0.4, -0.2) is 11.0 Å². The largest absolute Gasteiger partial charge is 0.508 e. The summed E-state index contributed by atoms with van der Waals surface area (Å²) in [6.07, 6.45) is 0. The minimum Gasteiger partial charge on any atom is -0.508 e. The van der Waals surface area contributed by atoms with E-state index < -0.39 is 0 Å². The van der Waals surface area contributed by atoms with E-state index in [2.05, 4.69) is 21.2 Å². The SMILES string of the molecule is Cc1ccc(Br)cc1C(=O)NCc1ccccc1O. The van der Waals surface area contributed by atoms with Gasteiger partial charge in [0.25, 0.3) is 5.91 Å². The van der Waals surface area contributed by atoms with Crippen molar-refractivity contribution >= 4 is 21.8 Å². The number of aromatic hydroxyl groups is 1. The molecule has 98 valence electrons. The molecule has 0 unspecified atom stereocenters. The van der Waals surface area contributed by atoms with Crippen LogP contribution in [0.1, 0.15) is 21.5 Å². The number of hydrogen-bond donors (Lipinski definition) is 2. The maximum absolute atomic E-state index is 12.1. The minimum absolute atomic E-state index is 0.151. The zero-order chi connectivity index (χ0) is 13.8. The molecule has 3 nitrogen and oxygen atoms in total. The highest BCUT2D eigenvalue weighted by molar-refractivity contribution is 9.10. The molecule has 0 spiro atoms. The van der Waals surface area contributed by atoms with Gasteiger partial charge in [-0.2, -0.15) is 0 Å². The molecule has 19 heavy (non-hydrogen) atoms. The number of phenols is 1. The summed E-state index contributed by atoms with van der Waals surface area (Å²) < 4.78 is 0.866. The number of para-hydroxylation sites is 1. The lowest BCUT2D eigenvalue weighted by atomic mass is 10.1. The second-order valence-corrected chi connectivity index (χ2v) is 5.19. The number of halogens is 1. The first-order valence-electron chi connectivity index (χ1n) is 5.89. The van der Waals surface area contributed by atoms with Crippen LogP contribution in [0, 0.1) is 6.92 Å². The molecule has 0 aliphatic carbocycles. The third-order valence-corrected chi connectivity index (χ3v) is 3.37. The first kappa shape index (κ1) is 13.6. The number of nitrogens with one attached hydrogen (secondary N) is 1. The van der Waals surface area contributed by atoms with Crippen LogP contribution in [0.3, 0.4) is 0 Å². The second-order valence-electron chi connectivity index (χ2n) is 4.27. The summed E-state index contributed by atoms with van der Waals surface area (Å²) >= 11 is 3.35. The predicted molar refractivity (Wildman–Crippen MR) is 78.2 cm³/mol. The van der Waals surface area contributed by atoms with Gasteiger partial charge in [-0.1, -0.05) is 40.2 Å². The quantitative estimate of drug-likeness (QED) is 0.911. The van der Waals surface area contributed by atoms with E-state index in [1.54, 1.807) is 24.3 Å². The molecule has 2 aromatic carbocycles. The Kier molecular flexibility index (Phi) is 4.22. The molecule has 0 bridgehead atoms. The standard InChI is InChI=1S/C15H14BrNO2/c1-10-6-7-12(16)8-13(10)15(19)17-9-11-4-2-3-5-14(11)18/h2-8,18H,9H2,1H3,(H,17,19). The molecule has 0 aliphatic rings. The maximum Gasteiger partial charge on any atom is 0.251 e. The van der Waals surface area contributed by atoms with Crippen LogP contribution in [-0.2, 0) is 6.54 Å². The fraction of sp³-hybridized carbons (Fsp3) is 0.133. The average molecular weight is 320 g/mol. The number of rotatable bonds is 3. The van der Waals surface area contributed by atoms with Gasteiger partial charge in [-0.15, -0.1) is 0 Å². The van der Waals surface area contributed by atoms with Crippen molar-refractivity contribution in [1.29, 1.82) is 0 Å². The Labute approximate surface area is 120 Å². The van der Waals surface area contributed by atoms with E-state index in [1.165, 1.54) is 0 Å². The summed E-state index contributed by atoms with van der Waals surface area (Å²) in [5.41, 5.74) is 2.24. The van der Waals surface area contributed by atoms with Crippen molar-refractivity contribution in [2.24, 2.45) is 0 Å². The molecule has 2 rings (SSSR count). The lowest BCUT2D eigenvalue weighted by Gasteiger charge is -2.09. The van der Waals surface area contributed by atoms with Gasteiger partial charge in [-0.05, 0) is 30.7 Å². The number of benzene rings is 2. The third kappa shape index (κ3) is 3.35. The number of carbonyl (C=O) groups excluding carboxylic acids is 1. The van der Waals surface area contributed by atoms with Crippen LogP contribution in [0.2, 0.25) is 0 Å². The Morgan fingerprint density at radius 1 is 1.26 bits per heavy atom. The van der Waals surface area contributed by atoms with Gasteiger partial charge in [0.15, 0.2) is 0 Å². The van der Waals surface area contributed by atoms with Crippen molar-refractivity contribution in [3.05, 3.63) is 63.6 Å². The molecule has 0 saturated heterocycles. The van der Waals surface area contributed by atoms with Crippen molar-refractivity contribution in [2.45, 2.75) is 13.5 Å². The van der Waals surface area contributed by atoms with Gasteiger partial charge < -0.3 is 10.4 Å². The summed E-state index contributed by atoms with van der Waals surface area (Å²) in [6, 6.07) is 12.5. The van der Waals surface area contributed by atoms with E-state index in [1.807, 2.05) is 25.1 Å². The van der Waals surface area contributed by atoms with Crippen molar-refractivity contribution in [1.82, 2.24) is 5.32 Å². The summed E-state index contributed by atoms with van der Waals surface area (Å²) in [5.74, 6) is 0.0378. The molecule has 0 aromatic heterocycles. The van der Waals surface area contributed by atoms with E-state index in [9.17, 15) is 9.90 Å². The van der Waals surface area contributed by atoms with Crippen LogP contribution >= 0.6 is 15.9 Å². The number of phenolic OH excluding ortho intramolecular Hbond substituents is 1. The molecular formula is C15H14BrNO2. The van der Waals surface area contributed by atoms with Gasteiger partial charge in [0.1, 0.15) is 5.75 Å². The fourth-order valence-electron chi connectivity index (χ4n) is 1.77. The second kappa shape index (κ2) is 5.89. The molecule has 0 heterocycles. The Bertz CT molecular complexity index is 611. The number of amides is 1. The van der Waals surface area contributed by atoms with Crippen molar-refractivity contribution < 1.29 is 9.90 Å². The highest BCUT2D eigenvalue weighted by Gasteiger charge is 2.10. The lowest BCUT2D eigenvalue weighted by Crippen LogP contribution is -2.23. The lowest BCUT2D eigenvalue weighted by molar-refractivity contribution is 0.0950. The fourth-order valence-corrected chi connectivity index (χ4v) is 2.13. The molecule has 0 fully saturated rings. The molecule has 0 saturated carbocycles. The zero-order valence-corrected chi connectivity index (χ0v) is 12.1. The van der Waals surface area contributed by atoms with E-state index >= 15 is 0 Å². The summed E-state index contributed by atoms with van der Waals surface area (Å²) in [6.45, 7) is 2.19. The molecule has 1 amide bonds. The van der Waals surface area contributed by atoms with Crippen molar-refractivity contribution in [2.75, 3.05) is 0 Å². The van der Waals surface area contributed by atoms with Gasteiger partial charge in [0, 0.05) is 22.1 Å². The van der Waals surface area contributed by atoms with Gasteiger partial charge >= 0.3 is 0 Å². The van der Waals surface area contributed by atoms with Crippen LogP contribution in [0.5, 0.6) is 5.75 Å². The van der Waals surface area contributed by atoms with Crippen LogP contribution in [0.25, 0.3) is 0 Å². The van der Waals surface area contributed by atoms with Crippen molar-refractivity contribution in [3.63, 3.8) is 0 Å². The van der Waals surface area contributed by atoms with E-state index in [0.29, 0.717) is 17.7 Å². The molecule has 2 aromatic rings. The predicted octanol–water partition coefficient (Wildman–Crippen LogP) is 3.39. The monoisotopic (exact) mass is 319 g/mol. The maximum atomic E-state index is 12.1. The molecule has 4 heteroatoms. The Morgan fingerprint density at radius 3 is 2.74 bits per heavy atom. The van der Waals surface area contributed by atoms with Gasteiger partial charge in [0.05, 0.1) is 0 Å². The highest BCUT2D eigenvalue weighted by Crippen LogP contribution is 2.17. The molecule has 0 radical (unpaired) electrons. The Balaban J connectivity index is 2.10. The number of aryl methyl sites for hydroxylation is 1. The van der Waals surface area contributed by atoms with Gasteiger partial charge in [0.2, 0.25) is 0 Å². The van der Waals surface area contributed by atoms with Gasteiger partial charge in [-0.3, -0.25) is 4.79 Å². The number of hydrogen-bond acceptors (Lipinski definition) is 2. The molecule has 2 N–H and O–H groups in total. The van der Waals surface area contributed by atoms with E-state index in [0.717, 1.165) is 10.0 Å². The minimum atomic E-state index is -0.151. The summed E-state index contributed by atoms with van der Waals surface area (Å²) in [5, 5.41) is 12.4. The molecule has 0 aliphatic heterocycles. The smallest absolute Gasteiger partial charge is 0.251 e. The van der Waals surface area contributed by atoms with Gasteiger partial charge in [-0.25, -0.2) is 0 Å². The summed E-state index contributed by atoms with van der Waals surface area (Å²) in [7, 11) is 0. The first-order chi connectivity index (χ1) is 9.08. The molecular weight excluding hydrogens is 306 g/mol. The average Bonchev–Trinajstić information content (AvgIpc) is 2.40. The highest BCUT2D eigenvalue weighted by atomic mass is 79.9. The zero-order valence-electron chi connectivity index (χ0n) is 10.5. The Hall–Kier alpha value is -1.81.